The lowest BCUT2D eigenvalue weighted by atomic mass is 9.86. The molecule has 0 bridgehead atoms. The van der Waals surface area contributed by atoms with Crippen molar-refractivity contribution in [2.45, 2.75) is 32.1 Å². The van der Waals surface area contributed by atoms with Gasteiger partial charge in [-0.25, -0.2) is 4.98 Å². The minimum Gasteiger partial charge on any atom is -0.255 e. The Morgan fingerprint density at radius 2 is 2.00 bits per heavy atom. The summed E-state index contributed by atoms with van der Waals surface area (Å²) in [7, 11) is 0. The van der Waals surface area contributed by atoms with E-state index < -0.39 is 0 Å². The Morgan fingerprint density at radius 1 is 1.10 bits per heavy atom. The minimum absolute atomic E-state index is 0.515. The van der Waals surface area contributed by atoms with E-state index in [0.717, 1.165) is 29.4 Å². The second-order valence-electron chi connectivity index (χ2n) is 5.85. The largest absolute Gasteiger partial charge is 0.255 e. The highest BCUT2D eigenvalue weighted by atomic mass is 35.5. The Balaban J connectivity index is 1.86. The highest BCUT2D eigenvalue weighted by Gasteiger charge is 2.21. The van der Waals surface area contributed by atoms with Gasteiger partial charge in [-0.15, -0.1) is 0 Å². The van der Waals surface area contributed by atoms with Gasteiger partial charge in [0.15, 0.2) is 0 Å². The summed E-state index contributed by atoms with van der Waals surface area (Å²) in [5.41, 5.74) is 4.58. The van der Waals surface area contributed by atoms with E-state index in [1.54, 1.807) is 0 Å². The zero-order valence-electron chi connectivity index (χ0n) is 11.8. The zero-order chi connectivity index (χ0) is 14.2. The Bertz CT molecular complexity index is 761. The van der Waals surface area contributed by atoms with Crippen molar-refractivity contribution in [2.24, 2.45) is 10.9 Å². The molecule has 1 atom stereocenters. The first-order chi connectivity index (χ1) is 10.3. The van der Waals surface area contributed by atoms with Crippen LogP contribution in [0.15, 0.2) is 41.4 Å². The smallest absolute Gasteiger partial charge is 0.129 e. The molecule has 0 spiro atoms. The Kier molecular flexibility index (Phi) is 3.27. The second kappa shape index (κ2) is 5.27. The van der Waals surface area contributed by atoms with Gasteiger partial charge in [-0.05, 0) is 49.8 Å². The van der Waals surface area contributed by atoms with Crippen LogP contribution in [-0.4, -0.2) is 10.7 Å². The highest BCUT2D eigenvalue weighted by Crippen LogP contribution is 2.36. The molecule has 0 saturated carbocycles. The standard InChI is InChI=1S/C18H17ClN2/c19-16-11-9-14-7-6-13-8-10-15(12-4-2-1-3-5-12)20-17(13)18(14)21-16/h2,4,6-7,9,11-12H,1,3,5,8,10H2. The van der Waals surface area contributed by atoms with Crippen molar-refractivity contribution in [3.8, 4) is 0 Å². The van der Waals surface area contributed by atoms with Crippen LogP contribution in [-0.2, 0) is 6.42 Å². The summed E-state index contributed by atoms with van der Waals surface area (Å²) in [6.45, 7) is 0. The molecule has 1 unspecified atom stereocenters. The van der Waals surface area contributed by atoms with Crippen LogP contribution in [0.25, 0.3) is 10.9 Å². The highest BCUT2D eigenvalue weighted by molar-refractivity contribution is 6.29. The maximum atomic E-state index is 6.08. The number of hydrogen-bond acceptors (Lipinski definition) is 2. The molecule has 0 N–H and O–H groups in total. The number of halogens is 1. The maximum Gasteiger partial charge on any atom is 0.129 e. The van der Waals surface area contributed by atoms with Gasteiger partial charge >= 0.3 is 0 Å². The van der Waals surface area contributed by atoms with Crippen LogP contribution < -0.4 is 0 Å². The van der Waals surface area contributed by atoms with E-state index in [1.165, 1.54) is 30.5 Å². The number of aliphatic imine (C=N–C) groups is 1. The van der Waals surface area contributed by atoms with Crippen molar-refractivity contribution in [2.75, 3.05) is 0 Å². The first-order valence-corrected chi connectivity index (χ1v) is 8.01. The number of fused-ring (bicyclic) bond motifs is 3. The number of nitrogens with zero attached hydrogens (tertiary/aromatic N) is 2. The van der Waals surface area contributed by atoms with Crippen molar-refractivity contribution in [1.82, 2.24) is 4.98 Å². The maximum absolute atomic E-state index is 6.08. The summed E-state index contributed by atoms with van der Waals surface area (Å²) in [5, 5.41) is 1.65. The molecule has 0 amide bonds. The van der Waals surface area contributed by atoms with Crippen LogP contribution in [0.1, 0.15) is 31.2 Å². The van der Waals surface area contributed by atoms with Crippen LogP contribution in [0.2, 0.25) is 5.15 Å². The van der Waals surface area contributed by atoms with E-state index in [9.17, 15) is 0 Å². The molecule has 0 saturated heterocycles. The lowest BCUT2D eigenvalue weighted by Gasteiger charge is -2.23. The molecule has 1 aliphatic carbocycles. The predicted octanol–water partition coefficient (Wildman–Crippen LogP) is 5.26. The van der Waals surface area contributed by atoms with E-state index in [4.69, 9.17) is 16.6 Å². The first kappa shape index (κ1) is 13.0. The number of pyridine rings is 1. The predicted molar refractivity (Wildman–Crippen MR) is 88.7 cm³/mol. The lowest BCUT2D eigenvalue weighted by Crippen LogP contribution is -2.17. The average Bonchev–Trinajstić information content (AvgIpc) is 2.55. The molecule has 1 aromatic carbocycles. The number of benzene rings is 1. The van der Waals surface area contributed by atoms with Gasteiger partial charge < -0.3 is 0 Å². The van der Waals surface area contributed by atoms with Gasteiger partial charge in [0.1, 0.15) is 5.15 Å². The van der Waals surface area contributed by atoms with Gasteiger partial charge in [-0.2, -0.15) is 0 Å². The number of aromatic nitrogens is 1. The fraction of sp³-hybridized carbons (Fsp3) is 0.333. The average molecular weight is 297 g/mol. The summed E-state index contributed by atoms with van der Waals surface area (Å²) in [5.74, 6) is 0.515. The van der Waals surface area contributed by atoms with Crippen molar-refractivity contribution in [3.05, 3.63) is 47.1 Å². The zero-order valence-corrected chi connectivity index (χ0v) is 12.6. The molecule has 4 rings (SSSR count). The molecule has 2 nitrogen and oxygen atoms in total. The quantitative estimate of drug-likeness (QED) is 0.520. The molecule has 2 aliphatic rings. The van der Waals surface area contributed by atoms with Gasteiger partial charge in [-0.1, -0.05) is 35.9 Å². The first-order valence-electron chi connectivity index (χ1n) is 7.63. The van der Waals surface area contributed by atoms with Crippen molar-refractivity contribution in [1.29, 1.82) is 0 Å². The number of allylic oxidation sites excluding steroid dienone is 2. The van der Waals surface area contributed by atoms with Gasteiger partial charge in [0, 0.05) is 17.0 Å². The fourth-order valence-electron chi connectivity index (χ4n) is 3.34. The molecule has 106 valence electrons. The molecule has 1 aliphatic heterocycles. The van der Waals surface area contributed by atoms with Crippen LogP contribution in [0.3, 0.4) is 0 Å². The number of hydrogen-bond donors (Lipinski definition) is 0. The van der Waals surface area contributed by atoms with Gasteiger partial charge in [0.2, 0.25) is 0 Å². The van der Waals surface area contributed by atoms with Crippen molar-refractivity contribution in [3.63, 3.8) is 0 Å². The lowest BCUT2D eigenvalue weighted by molar-refractivity contribution is 0.644. The van der Waals surface area contributed by atoms with Gasteiger partial charge in [-0.3, -0.25) is 4.99 Å². The third-order valence-corrected chi connectivity index (χ3v) is 4.68. The topological polar surface area (TPSA) is 25.2 Å². The Morgan fingerprint density at radius 3 is 2.86 bits per heavy atom. The minimum atomic E-state index is 0.515. The van der Waals surface area contributed by atoms with E-state index in [-0.39, 0.29) is 0 Å². The molecular weight excluding hydrogens is 280 g/mol. The summed E-state index contributed by atoms with van der Waals surface area (Å²) >= 11 is 6.08. The summed E-state index contributed by atoms with van der Waals surface area (Å²) in [6, 6.07) is 8.17. The van der Waals surface area contributed by atoms with E-state index >= 15 is 0 Å². The van der Waals surface area contributed by atoms with E-state index in [0.29, 0.717) is 11.1 Å². The third-order valence-electron chi connectivity index (χ3n) is 4.47. The molecule has 1 aromatic heterocycles. The van der Waals surface area contributed by atoms with Gasteiger partial charge in [0.25, 0.3) is 0 Å². The molecule has 2 aromatic rings. The summed E-state index contributed by atoms with van der Waals surface area (Å²) in [4.78, 5) is 9.49. The number of rotatable bonds is 1. The van der Waals surface area contributed by atoms with Crippen LogP contribution in [0, 0.1) is 5.92 Å². The Labute approximate surface area is 129 Å². The number of aryl methyl sites for hydroxylation is 1. The second-order valence-corrected chi connectivity index (χ2v) is 6.23. The van der Waals surface area contributed by atoms with Crippen LogP contribution in [0.4, 0.5) is 5.69 Å². The SMILES string of the molecule is Clc1ccc2ccc3c(c2n1)N=C(C1C=CCCC1)CC3. The van der Waals surface area contributed by atoms with Crippen LogP contribution >= 0.6 is 11.6 Å². The summed E-state index contributed by atoms with van der Waals surface area (Å²) in [6.07, 6.45) is 10.5. The van der Waals surface area contributed by atoms with Crippen molar-refractivity contribution < 1.29 is 0 Å². The molecule has 2 heterocycles. The summed E-state index contributed by atoms with van der Waals surface area (Å²) < 4.78 is 0. The molecule has 21 heavy (non-hydrogen) atoms. The van der Waals surface area contributed by atoms with Gasteiger partial charge in [0.05, 0.1) is 11.2 Å². The normalized spacial score (nSPS) is 21.2. The van der Waals surface area contributed by atoms with Crippen LogP contribution in [0.5, 0.6) is 0 Å². The fourth-order valence-corrected chi connectivity index (χ4v) is 3.49. The van der Waals surface area contributed by atoms with E-state index in [2.05, 4.69) is 29.3 Å². The Hall–Kier alpha value is -1.67. The monoisotopic (exact) mass is 296 g/mol. The molecule has 3 heteroatoms. The van der Waals surface area contributed by atoms with Crippen molar-refractivity contribution >= 4 is 33.9 Å². The molecule has 0 fully saturated rings. The van der Waals surface area contributed by atoms with E-state index in [1.807, 2.05) is 12.1 Å². The third kappa shape index (κ3) is 2.38. The molecular formula is C18H17ClN2. The molecule has 0 radical (unpaired) electrons.